The summed E-state index contributed by atoms with van der Waals surface area (Å²) in [5.41, 5.74) is 2.69. The predicted octanol–water partition coefficient (Wildman–Crippen LogP) is 3.46. The van der Waals surface area contributed by atoms with Gasteiger partial charge in [0.05, 0.1) is 6.10 Å². The molecule has 0 amide bonds. The third kappa shape index (κ3) is 4.88. The zero-order chi connectivity index (χ0) is 12.7. The minimum atomic E-state index is 0.335. The van der Waals surface area contributed by atoms with E-state index in [1.54, 1.807) is 7.11 Å². The molecule has 1 aromatic rings. The molecule has 0 saturated carbocycles. The maximum atomic E-state index is 5.31. The summed E-state index contributed by atoms with van der Waals surface area (Å²) in [6.45, 7) is 7.40. The molecule has 0 aliphatic rings. The second-order valence-corrected chi connectivity index (χ2v) is 4.64. The van der Waals surface area contributed by atoms with E-state index in [9.17, 15) is 0 Å². The molecule has 0 spiro atoms. The Hall–Kier alpha value is -0.860. The second kappa shape index (κ2) is 7.46. The number of ether oxygens (including phenoxy) is 1. The van der Waals surface area contributed by atoms with E-state index in [2.05, 4.69) is 50.4 Å². The fraction of sp³-hybridized carbons (Fsp3) is 0.600. The number of aryl methyl sites for hydroxylation is 1. The van der Waals surface area contributed by atoms with Gasteiger partial charge in [-0.05, 0) is 38.8 Å². The highest BCUT2D eigenvalue weighted by molar-refractivity contribution is 5.24. The van der Waals surface area contributed by atoms with Crippen LogP contribution in [0.2, 0.25) is 0 Å². The lowest BCUT2D eigenvalue weighted by molar-refractivity contribution is 0.106. The van der Waals surface area contributed by atoms with Gasteiger partial charge in [0, 0.05) is 13.2 Å². The van der Waals surface area contributed by atoms with Gasteiger partial charge in [0.1, 0.15) is 0 Å². The minimum absolute atomic E-state index is 0.335. The van der Waals surface area contributed by atoms with E-state index in [1.807, 2.05) is 0 Å². The SMILES string of the molecule is CCNC(CCC(C)OC)c1ccc(C)cc1. The Balaban J connectivity index is 2.61. The van der Waals surface area contributed by atoms with E-state index in [1.165, 1.54) is 11.1 Å². The molecule has 1 N–H and O–H groups in total. The van der Waals surface area contributed by atoms with Crippen LogP contribution in [0, 0.1) is 6.92 Å². The molecule has 1 aromatic carbocycles. The van der Waals surface area contributed by atoms with Crippen LogP contribution in [0.4, 0.5) is 0 Å². The Kier molecular flexibility index (Phi) is 6.23. The van der Waals surface area contributed by atoms with Crippen molar-refractivity contribution in [3.63, 3.8) is 0 Å². The van der Waals surface area contributed by atoms with E-state index in [0.29, 0.717) is 12.1 Å². The average Bonchev–Trinajstić information content (AvgIpc) is 2.35. The molecule has 96 valence electrons. The standard InChI is InChI=1S/C15H25NO/c1-5-16-15(11-8-13(3)17-4)14-9-6-12(2)7-10-14/h6-7,9-10,13,15-16H,5,8,11H2,1-4H3. The molecule has 0 radical (unpaired) electrons. The van der Waals surface area contributed by atoms with Gasteiger partial charge in [0.15, 0.2) is 0 Å². The van der Waals surface area contributed by atoms with Crippen molar-refractivity contribution >= 4 is 0 Å². The third-order valence-electron chi connectivity index (χ3n) is 3.19. The van der Waals surface area contributed by atoms with Crippen LogP contribution in [0.1, 0.15) is 43.9 Å². The highest BCUT2D eigenvalue weighted by Crippen LogP contribution is 2.20. The Morgan fingerprint density at radius 3 is 2.35 bits per heavy atom. The molecular weight excluding hydrogens is 210 g/mol. The minimum Gasteiger partial charge on any atom is -0.382 e. The van der Waals surface area contributed by atoms with Crippen LogP contribution >= 0.6 is 0 Å². The van der Waals surface area contributed by atoms with Gasteiger partial charge in [-0.1, -0.05) is 36.8 Å². The summed E-state index contributed by atoms with van der Waals surface area (Å²) >= 11 is 0. The van der Waals surface area contributed by atoms with E-state index < -0.39 is 0 Å². The van der Waals surface area contributed by atoms with Gasteiger partial charge in [0.2, 0.25) is 0 Å². The average molecular weight is 235 g/mol. The number of benzene rings is 1. The monoisotopic (exact) mass is 235 g/mol. The molecule has 0 aromatic heterocycles. The molecule has 0 aliphatic heterocycles. The van der Waals surface area contributed by atoms with Gasteiger partial charge in [-0.25, -0.2) is 0 Å². The number of nitrogens with one attached hydrogen (secondary N) is 1. The summed E-state index contributed by atoms with van der Waals surface area (Å²) in [5.74, 6) is 0. The lowest BCUT2D eigenvalue weighted by Crippen LogP contribution is -2.22. The van der Waals surface area contributed by atoms with Crippen molar-refractivity contribution in [2.75, 3.05) is 13.7 Å². The molecule has 2 nitrogen and oxygen atoms in total. The van der Waals surface area contributed by atoms with Crippen LogP contribution in [-0.2, 0) is 4.74 Å². The molecule has 17 heavy (non-hydrogen) atoms. The number of methoxy groups -OCH3 is 1. The molecule has 2 heteroatoms. The van der Waals surface area contributed by atoms with Gasteiger partial charge in [0.25, 0.3) is 0 Å². The highest BCUT2D eigenvalue weighted by Gasteiger charge is 2.11. The van der Waals surface area contributed by atoms with E-state index >= 15 is 0 Å². The number of hydrogen-bond donors (Lipinski definition) is 1. The van der Waals surface area contributed by atoms with Crippen molar-refractivity contribution in [3.05, 3.63) is 35.4 Å². The Bertz CT molecular complexity index is 307. The van der Waals surface area contributed by atoms with Crippen LogP contribution in [0.3, 0.4) is 0 Å². The zero-order valence-electron chi connectivity index (χ0n) is 11.5. The summed E-state index contributed by atoms with van der Waals surface area (Å²) in [6.07, 6.45) is 2.54. The molecule has 0 bridgehead atoms. The Morgan fingerprint density at radius 1 is 1.18 bits per heavy atom. The first-order chi connectivity index (χ1) is 8.17. The van der Waals surface area contributed by atoms with Gasteiger partial charge < -0.3 is 10.1 Å². The molecule has 2 unspecified atom stereocenters. The van der Waals surface area contributed by atoms with Gasteiger partial charge in [-0.2, -0.15) is 0 Å². The van der Waals surface area contributed by atoms with Crippen LogP contribution in [-0.4, -0.2) is 19.8 Å². The van der Waals surface area contributed by atoms with Crippen LogP contribution in [0.25, 0.3) is 0 Å². The predicted molar refractivity (Wildman–Crippen MR) is 73.3 cm³/mol. The quantitative estimate of drug-likeness (QED) is 0.781. The largest absolute Gasteiger partial charge is 0.382 e. The van der Waals surface area contributed by atoms with Gasteiger partial charge in [-0.3, -0.25) is 0 Å². The van der Waals surface area contributed by atoms with Crippen LogP contribution in [0.5, 0.6) is 0 Å². The maximum absolute atomic E-state index is 5.31. The van der Waals surface area contributed by atoms with Crippen LogP contribution in [0.15, 0.2) is 24.3 Å². The molecule has 1 rings (SSSR count). The Labute approximate surface area is 105 Å². The third-order valence-corrected chi connectivity index (χ3v) is 3.19. The molecular formula is C15H25NO. The van der Waals surface area contributed by atoms with Crippen molar-refractivity contribution in [1.82, 2.24) is 5.32 Å². The lowest BCUT2D eigenvalue weighted by Gasteiger charge is -2.20. The number of hydrogen-bond acceptors (Lipinski definition) is 2. The van der Waals surface area contributed by atoms with Crippen molar-refractivity contribution < 1.29 is 4.74 Å². The van der Waals surface area contributed by atoms with E-state index in [-0.39, 0.29) is 0 Å². The number of rotatable bonds is 7. The second-order valence-electron chi connectivity index (χ2n) is 4.64. The normalized spacial score (nSPS) is 14.6. The van der Waals surface area contributed by atoms with Crippen molar-refractivity contribution in [2.45, 2.75) is 45.8 Å². The highest BCUT2D eigenvalue weighted by atomic mass is 16.5. The summed E-state index contributed by atoms with van der Waals surface area (Å²) in [5, 5.41) is 3.54. The summed E-state index contributed by atoms with van der Waals surface area (Å²) in [6, 6.07) is 9.25. The summed E-state index contributed by atoms with van der Waals surface area (Å²) < 4.78 is 5.31. The topological polar surface area (TPSA) is 21.3 Å². The zero-order valence-corrected chi connectivity index (χ0v) is 11.5. The first kappa shape index (κ1) is 14.2. The summed E-state index contributed by atoms with van der Waals surface area (Å²) in [7, 11) is 1.78. The molecule has 0 saturated heterocycles. The fourth-order valence-corrected chi connectivity index (χ4v) is 1.95. The fourth-order valence-electron chi connectivity index (χ4n) is 1.95. The van der Waals surface area contributed by atoms with Crippen molar-refractivity contribution in [3.8, 4) is 0 Å². The van der Waals surface area contributed by atoms with E-state index in [4.69, 9.17) is 4.74 Å². The van der Waals surface area contributed by atoms with Gasteiger partial charge in [-0.15, -0.1) is 0 Å². The van der Waals surface area contributed by atoms with Crippen LogP contribution < -0.4 is 5.32 Å². The van der Waals surface area contributed by atoms with Crippen molar-refractivity contribution in [1.29, 1.82) is 0 Å². The smallest absolute Gasteiger partial charge is 0.0543 e. The van der Waals surface area contributed by atoms with E-state index in [0.717, 1.165) is 19.4 Å². The van der Waals surface area contributed by atoms with Crippen molar-refractivity contribution in [2.24, 2.45) is 0 Å². The van der Waals surface area contributed by atoms with Gasteiger partial charge >= 0.3 is 0 Å². The molecule has 0 aliphatic carbocycles. The summed E-state index contributed by atoms with van der Waals surface area (Å²) in [4.78, 5) is 0. The lowest BCUT2D eigenvalue weighted by atomic mass is 9.99. The molecule has 0 fully saturated rings. The molecule has 2 atom stereocenters. The Morgan fingerprint density at radius 2 is 1.82 bits per heavy atom. The first-order valence-corrected chi connectivity index (χ1v) is 6.50. The first-order valence-electron chi connectivity index (χ1n) is 6.50. The molecule has 0 heterocycles. The maximum Gasteiger partial charge on any atom is 0.0543 e.